The van der Waals surface area contributed by atoms with Crippen LogP contribution >= 0.6 is 23.8 Å². The van der Waals surface area contributed by atoms with Gasteiger partial charge in [0.25, 0.3) is 5.91 Å². The van der Waals surface area contributed by atoms with Crippen molar-refractivity contribution < 1.29 is 18.8 Å². The first-order chi connectivity index (χ1) is 12.4. The molecule has 26 heavy (non-hydrogen) atoms. The van der Waals surface area contributed by atoms with Crippen molar-refractivity contribution in [1.82, 2.24) is 10.9 Å². The van der Waals surface area contributed by atoms with E-state index in [0.29, 0.717) is 5.69 Å². The van der Waals surface area contributed by atoms with Crippen LogP contribution < -0.4 is 20.9 Å². The maximum absolute atomic E-state index is 13.1. The predicted molar refractivity (Wildman–Crippen MR) is 97.5 cm³/mol. The molecule has 0 saturated heterocycles. The number of carbonyl (C=O) groups excluding carboxylic acids is 1. The number of benzene rings is 2. The van der Waals surface area contributed by atoms with Crippen LogP contribution in [0.15, 0.2) is 42.5 Å². The smallest absolute Gasteiger partial charge is 0.310 e. The van der Waals surface area contributed by atoms with Gasteiger partial charge in [-0.2, -0.15) is 0 Å². The summed E-state index contributed by atoms with van der Waals surface area (Å²) in [5, 5.41) is 13.5. The van der Waals surface area contributed by atoms with E-state index in [-0.39, 0.29) is 21.6 Å². The highest BCUT2D eigenvalue weighted by atomic mass is 35.5. The van der Waals surface area contributed by atoms with Gasteiger partial charge in [-0.15, -0.1) is 0 Å². The Morgan fingerprint density at radius 3 is 2.69 bits per heavy atom. The SMILES string of the molecule is O=C(COc1ccccc1[N+](=O)[O-])NNC(=S)Nc1ccc(F)c(Cl)c1. The molecule has 2 aromatic rings. The molecule has 0 saturated carbocycles. The van der Waals surface area contributed by atoms with Crippen LogP contribution in [0.3, 0.4) is 0 Å². The second-order valence-corrected chi connectivity index (χ2v) is 5.59. The van der Waals surface area contributed by atoms with E-state index in [0.717, 1.165) is 6.07 Å². The molecule has 0 spiro atoms. The highest BCUT2D eigenvalue weighted by Gasteiger charge is 2.15. The average molecular weight is 399 g/mol. The van der Waals surface area contributed by atoms with Gasteiger partial charge < -0.3 is 10.1 Å². The Kier molecular flexibility index (Phi) is 6.64. The van der Waals surface area contributed by atoms with Crippen LogP contribution in [-0.2, 0) is 4.79 Å². The van der Waals surface area contributed by atoms with Gasteiger partial charge in [-0.25, -0.2) is 4.39 Å². The maximum Gasteiger partial charge on any atom is 0.310 e. The van der Waals surface area contributed by atoms with Crippen molar-refractivity contribution in [1.29, 1.82) is 0 Å². The van der Waals surface area contributed by atoms with Gasteiger partial charge in [-0.1, -0.05) is 23.7 Å². The Labute approximate surface area is 157 Å². The molecule has 0 aliphatic carbocycles. The molecule has 2 rings (SSSR count). The highest BCUT2D eigenvalue weighted by molar-refractivity contribution is 7.80. The average Bonchev–Trinajstić information content (AvgIpc) is 2.61. The molecule has 8 nitrogen and oxygen atoms in total. The third kappa shape index (κ3) is 5.53. The largest absolute Gasteiger partial charge is 0.477 e. The maximum atomic E-state index is 13.1. The molecular weight excluding hydrogens is 387 g/mol. The summed E-state index contributed by atoms with van der Waals surface area (Å²) in [7, 11) is 0. The summed E-state index contributed by atoms with van der Waals surface area (Å²) < 4.78 is 18.2. The number of nitro groups is 1. The lowest BCUT2D eigenvalue weighted by molar-refractivity contribution is -0.385. The van der Waals surface area contributed by atoms with Crippen molar-refractivity contribution in [3.05, 3.63) is 63.4 Å². The van der Waals surface area contributed by atoms with Gasteiger partial charge in [0.2, 0.25) is 0 Å². The van der Waals surface area contributed by atoms with Crippen LogP contribution in [0.1, 0.15) is 0 Å². The topological polar surface area (TPSA) is 106 Å². The van der Waals surface area contributed by atoms with Crippen molar-refractivity contribution >= 4 is 46.2 Å². The zero-order valence-corrected chi connectivity index (χ0v) is 14.6. The van der Waals surface area contributed by atoms with Crippen LogP contribution in [-0.4, -0.2) is 22.5 Å². The Balaban J connectivity index is 1.80. The second-order valence-electron chi connectivity index (χ2n) is 4.77. The molecule has 0 aromatic heterocycles. The molecule has 0 fully saturated rings. The fourth-order valence-electron chi connectivity index (χ4n) is 1.77. The van der Waals surface area contributed by atoms with E-state index in [1.54, 1.807) is 6.07 Å². The Morgan fingerprint density at radius 1 is 1.27 bits per heavy atom. The molecule has 0 radical (unpaired) electrons. The number of amides is 1. The van der Waals surface area contributed by atoms with Crippen molar-refractivity contribution in [2.45, 2.75) is 0 Å². The molecular formula is C15H12ClFN4O4S. The van der Waals surface area contributed by atoms with Gasteiger partial charge in [0.1, 0.15) is 5.82 Å². The summed E-state index contributed by atoms with van der Waals surface area (Å²) in [5.41, 5.74) is 4.83. The number of nitrogens with one attached hydrogen (secondary N) is 3. The minimum atomic E-state index is -0.621. The number of rotatable bonds is 5. The molecule has 0 bridgehead atoms. The van der Waals surface area contributed by atoms with Crippen LogP contribution in [0.25, 0.3) is 0 Å². The number of hydrazine groups is 1. The number of carbonyl (C=O) groups is 1. The number of hydrogen-bond donors (Lipinski definition) is 3. The lowest BCUT2D eigenvalue weighted by atomic mass is 10.3. The monoisotopic (exact) mass is 398 g/mol. The zero-order chi connectivity index (χ0) is 19.1. The first-order valence-corrected chi connectivity index (χ1v) is 7.82. The molecule has 3 N–H and O–H groups in total. The fourth-order valence-corrected chi connectivity index (χ4v) is 2.12. The van der Waals surface area contributed by atoms with E-state index in [1.165, 1.54) is 30.3 Å². The van der Waals surface area contributed by atoms with E-state index in [2.05, 4.69) is 16.2 Å². The van der Waals surface area contributed by atoms with Crippen molar-refractivity contribution in [2.24, 2.45) is 0 Å². The lowest BCUT2D eigenvalue weighted by Gasteiger charge is -2.12. The van der Waals surface area contributed by atoms with Crippen molar-refractivity contribution in [2.75, 3.05) is 11.9 Å². The number of hydrogen-bond acceptors (Lipinski definition) is 5. The molecule has 0 heterocycles. The molecule has 2 aromatic carbocycles. The summed E-state index contributed by atoms with van der Waals surface area (Å²) in [6.45, 7) is -0.469. The van der Waals surface area contributed by atoms with Crippen molar-refractivity contribution in [3.8, 4) is 5.75 Å². The number of ether oxygens (including phenoxy) is 1. The van der Waals surface area contributed by atoms with E-state index in [4.69, 9.17) is 28.6 Å². The molecule has 1 amide bonds. The quantitative estimate of drug-likeness (QED) is 0.404. The van der Waals surface area contributed by atoms with Gasteiger partial charge in [-0.3, -0.25) is 25.8 Å². The molecule has 11 heteroatoms. The molecule has 0 aliphatic heterocycles. The van der Waals surface area contributed by atoms with E-state index >= 15 is 0 Å². The minimum absolute atomic E-state index is 0.0201. The Hall–Kier alpha value is -2.98. The number of nitro benzene ring substituents is 1. The number of thiocarbonyl (C=S) groups is 1. The Morgan fingerprint density at radius 2 is 2.00 bits per heavy atom. The highest BCUT2D eigenvalue weighted by Crippen LogP contribution is 2.25. The summed E-state index contributed by atoms with van der Waals surface area (Å²) in [5.74, 6) is -1.23. The first kappa shape index (κ1) is 19.3. The third-order valence-corrected chi connectivity index (χ3v) is 3.41. The predicted octanol–water partition coefficient (Wildman–Crippen LogP) is 2.78. The zero-order valence-electron chi connectivity index (χ0n) is 13.0. The van der Waals surface area contributed by atoms with Crippen molar-refractivity contribution in [3.63, 3.8) is 0 Å². The minimum Gasteiger partial charge on any atom is -0.477 e. The normalized spacial score (nSPS) is 9.92. The number of anilines is 1. The second kappa shape index (κ2) is 8.92. The third-order valence-electron chi connectivity index (χ3n) is 2.91. The number of nitrogens with zero attached hydrogens (tertiary/aromatic N) is 1. The molecule has 0 aliphatic rings. The number of para-hydroxylation sites is 2. The van der Waals surface area contributed by atoms with Gasteiger partial charge in [0.15, 0.2) is 17.5 Å². The molecule has 0 atom stereocenters. The van der Waals surface area contributed by atoms with E-state index in [9.17, 15) is 19.3 Å². The summed E-state index contributed by atoms with van der Waals surface area (Å²) in [6.07, 6.45) is 0. The summed E-state index contributed by atoms with van der Waals surface area (Å²) in [6, 6.07) is 9.57. The van der Waals surface area contributed by atoms with Gasteiger partial charge >= 0.3 is 5.69 Å². The fraction of sp³-hybridized carbons (Fsp3) is 0.0667. The summed E-state index contributed by atoms with van der Waals surface area (Å²) >= 11 is 10.6. The van der Waals surface area contributed by atoms with Crippen LogP contribution in [0, 0.1) is 15.9 Å². The summed E-state index contributed by atoms with van der Waals surface area (Å²) in [4.78, 5) is 22.0. The molecule has 0 unspecified atom stereocenters. The van der Waals surface area contributed by atoms with Crippen LogP contribution in [0.5, 0.6) is 5.75 Å². The van der Waals surface area contributed by atoms with Crippen LogP contribution in [0.2, 0.25) is 5.02 Å². The first-order valence-electron chi connectivity index (χ1n) is 7.04. The van der Waals surface area contributed by atoms with Gasteiger partial charge in [0, 0.05) is 11.8 Å². The van der Waals surface area contributed by atoms with Gasteiger partial charge in [0.05, 0.1) is 9.95 Å². The number of halogens is 2. The Bertz CT molecular complexity index is 852. The van der Waals surface area contributed by atoms with E-state index < -0.39 is 23.3 Å². The van der Waals surface area contributed by atoms with E-state index in [1.807, 2.05) is 0 Å². The standard InChI is InChI=1S/C15H12ClFN4O4S/c16-10-7-9(5-6-11(10)17)18-15(26)20-19-14(22)8-25-13-4-2-1-3-12(13)21(23)24/h1-7H,8H2,(H,19,22)(H2,18,20,26). The van der Waals surface area contributed by atoms with Gasteiger partial charge in [-0.05, 0) is 36.5 Å². The van der Waals surface area contributed by atoms with Crippen LogP contribution in [0.4, 0.5) is 15.8 Å². The lowest BCUT2D eigenvalue weighted by Crippen LogP contribution is -2.45. The molecule has 136 valence electrons.